The van der Waals surface area contributed by atoms with Gasteiger partial charge in [0.05, 0.1) is 37.3 Å². The number of rotatable bonds is 6. The van der Waals surface area contributed by atoms with Gasteiger partial charge in [0, 0.05) is 18.8 Å². The van der Waals surface area contributed by atoms with E-state index in [4.69, 9.17) is 9.47 Å². The van der Waals surface area contributed by atoms with Gasteiger partial charge in [0.1, 0.15) is 0 Å². The van der Waals surface area contributed by atoms with Crippen LogP contribution in [0.3, 0.4) is 0 Å². The highest BCUT2D eigenvalue weighted by Gasteiger charge is 2.15. The first-order valence-corrected chi connectivity index (χ1v) is 8.62. The van der Waals surface area contributed by atoms with Crippen LogP contribution in [0, 0.1) is 13.8 Å². The first-order chi connectivity index (χ1) is 11.6. The molecule has 0 spiro atoms. The Morgan fingerprint density at radius 3 is 2.83 bits per heavy atom. The van der Waals surface area contributed by atoms with Crippen molar-refractivity contribution in [2.45, 2.75) is 32.9 Å². The number of nitrogens with zero attached hydrogens (tertiary/aromatic N) is 3. The van der Waals surface area contributed by atoms with E-state index in [0.717, 1.165) is 56.4 Å². The lowest BCUT2D eigenvalue weighted by atomic mass is 10.1. The summed E-state index contributed by atoms with van der Waals surface area (Å²) >= 11 is 0. The predicted molar refractivity (Wildman–Crippen MR) is 94.5 cm³/mol. The minimum atomic E-state index is 0.238. The maximum atomic E-state index is 5.71. The van der Waals surface area contributed by atoms with E-state index < -0.39 is 0 Å². The van der Waals surface area contributed by atoms with Crippen LogP contribution in [0.15, 0.2) is 30.3 Å². The van der Waals surface area contributed by atoms with Crippen LogP contribution < -0.4 is 0 Å². The van der Waals surface area contributed by atoms with Gasteiger partial charge in [0.25, 0.3) is 0 Å². The molecule has 1 saturated heterocycles. The summed E-state index contributed by atoms with van der Waals surface area (Å²) in [6, 6.07) is 10.7. The molecule has 3 rings (SSSR count). The average molecular weight is 329 g/mol. The summed E-state index contributed by atoms with van der Waals surface area (Å²) in [6.07, 6.45) is 1.25. The molecule has 1 aliphatic heterocycles. The van der Waals surface area contributed by atoms with E-state index in [2.05, 4.69) is 54.3 Å². The number of ether oxygens (including phenoxy) is 2. The molecule has 2 heterocycles. The van der Waals surface area contributed by atoms with Crippen molar-refractivity contribution in [3.05, 3.63) is 47.3 Å². The average Bonchev–Trinajstić information content (AvgIpc) is 2.93. The van der Waals surface area contributed by atoms with Crippen LogP contribution in [-0.4, -0.2) is 54.2 Å². The van der Waals surface area contributed by atoms with Gasteiger partial charge in [-0.05, 0) is 51.1 Å². The Kier molecular flexibility index (Phi) is 5.66. The topological polar surface area (TPSA) is 39.5 Å². The summed E-state index contributed by atoms with van der Waals surface area (Å²) in [7, 11) is 2.15. The SMILES string of the molecule is Cc1cc(C)n(-c2cccc(CN(C)CCC3COCCO3)c2)n1. The summed E-state index contributed by atoms with van der Waals surface area (Å²) < 4.78 is 13.2. The van der Waals surface area contributed by atoms with Crippen molar-refractivity contribution in [1.29, 1.82) is 0 Å². The summed E-state index contributed by atoms with van der Waals surface area (Å²) in [6.45, 7) is 8.20. The van der Waals surface area contributed by atoms with Crippen molar-refractivity contribution < 1.29 is 9.47 Å². The van der Waals surface area contributed by atoms with E-state index in [1.165, 1.54) is 5.56 Å². The molecule has 24 heavy (non-hydrogen) atoms. The van der Waals surface area contributed by atoms with Crippen molar-refractivity contribution in [2.24, 2.45) is 0 Å². The van der Waals surface area contributed by atoms with Crippen LogP contribution in [0.25, 0.3) is 5.69 Å². The molecule has 1 aromatic carbocycles. The Balaban J connectivity index is 1.58. The van der Waals surface area contributed by atoms with Crippen molar-refractivity contribution in [1.82, 2.24) is 14.7 Å². The van der Waals surface area contributed by atoms with Gasteiger partial charge in [0.2, 0.25) is 0 Å². The Bertz CT molecular complexity index is 662. The molecule has 2 aromatic rings. The lowest BCUT2D eigenvalue weighted by Crippen LogP contribution is -2.32. The third-order valence-electron chi connectivity index (χ3n) is 4.33. The molecule has 0 saturated carbocycles. The van der Waals surface area contributed by atoms with Crippen LogP contribution in [0.5, 0.6) is 0 Å². The Morgan fingerprint density at radius 1 is 1.25 bits per heavy atom. The first-order valence-electron chi connectivity index (χ1n) is 8.62. The van der Waals surface area contributed by atoms with Crippen molar-refractivity contribution >= 4 is 0 Å². The molecule has 5 heteroatoms. The molecule has 0 bridgehead atoms. The van der Waals surface area contributed by atoms with Gasteiger partial charge in [-0.3, -0.25) is 0 Å². The molecule has 1 aliphatic rings. The third kappa shape index (κ3) is 4.44. The van der Waals surface area contributed by atoms with Gasteiger partial charge in [-0.25, -0.2) is 4.68 Å². The third-order valence-corrected chi connectivity index (χ3v) is 4.33. The molecular formula is C19H27N3O2. The molecule has 5 nitrogen and oxygen atoms in total. The zero-order chi connectivity index (χ0) is 16.9. The molecule has 0 N–H and O–H groups in total. The number of benzene rings is 1. The second-order valence-electron chi connectivity index (χ2n) is 6.60. The quantitative estimate of drug-likeness (QED) is 0.817. The molecule has 0 radical (unpaired) electrons. The van der Waals surface area contributed by atoms with E-state index >= 15 is 0 Å². The molecule has 0 amide bonds. The number of aryl methyl sites for hydroxylation is 2. The molecule has 1 fully saturated rings. The van der Waals surface area contributed by atoms with Crippen LogP contribution in [0.4, 0.5) is 0 Å². The number of hydrogen-bond acceptors (Lipinski definition) is 4. The van der Waals surface area contributed by atoms with E-state index in [9.17, 15) is 0 Å². The zero-order valence-electron chi connectivity index (χ0n) is 14.9. The van der Waals surface area contributed by atoms with Gasteiger partial charge in [-0.15, -0.1) is 0 Å². The fourth-order valence-electron chi connectivity index (χ4n) is 3.14. The highest BCUT2D eigenvalue weighted by Crippen LogP contribution is 2.15. The summed E-state index contributed by atoms with van der Waals surface area (Å²) in [5, 5.41) is 4.57. The maximum absolute atomic E-state index is 5.71. The highest BCUT2D eigenvalue weighted by atomic mass is 16.6. The Hall–Kier alpha value is -1.69. The van der Waals surface area contributed by atoms with E-state index in [-0.39, 0.29) is 6.10 Å². The number of hydrogen-bond donors (Lipinski definition) is 0. The van der Waals surface area contributed by atoms with Gasteiger partial charge in [-0.2, -0.15) is 5.10 Å². The molecule has 1 unspecified atom stereocenters. The largest absolute Gasteiger partial charge is 0.376 e. The van der Waals surface area contributed by atoms with Crippen LogP contribution in [0.1, 0.15) is 23.4 Å². The molecule has 1 aromatic heterocycles. The lowest BCUT2D eigenvalue weighted by Gasteiger charge is -2.25. The monoisotopic (exact) mass is 329 g/mol. The van der Waals surface area contributed by atoms with Crippen molar-refractivity contribution in [3.63, 3.8) is 0 Å². The summed E-state index contributed by atoms with van der Waals surface area (Å²) in [5.41, 5.74) is 4.62. The standard InChI is InChI=1S/C19H27N3O2/c1-15-11-16(2)22(20-15)18-6-4-5-17(12-18)13-21(3)8-7-19-14-23-9-10-24-19/h4-6,11-12,19H,7-10,13-14H2,1-3H3. The Morgan fingerprint density at radius 2 is 2.12 bits per heavy atom. The van der Waals surface area contributed by atoms with E-state index in [1.807, 2.05) is 11.6 Å². The fourth-order valence-corrected chi connectivity index (χ4v) is 3.14. The molecule has 0 aliphatic carbocycles. The second kappa shape index (κ2) is 7.92. The van der Waals surface area contributed by atoms with Gasteiger partial charge in [0.15, 0.2) is 0 Å². The molecule has 130 valence electrons. The molecular weight excluding hydrogens is 302 g/mol. The minimum absolute atomic E-state index is 0.238. The van der Waals surface area contributed by atoms with Gasteiger partial charge in [-0.1, -0.05) is 12.1 Å². The van der Waals surface area contributed by atoms with Gasteiger partial charge < -0.3 is 14.4 Å². The first kappa shape index (κ1) is 17.1. The predicted octanol–water partition coefficient (Wildman–Crippen LogP) is 2.73. The minimum Gasteiger partial charge on any atom is -0.376 e. The van der Waals surface area contributed by atoms with Crippen LogP contribution >= 0.6 is 0 Å². The van der Waals surface area contributed by atoms with E-state index in [0.29, 0.717) is 0 Å². The maximum Gasteiger partial charge on any atom is 0.0821 e. The summed E-state index contributed by atoms with van der Waals surface area (Å²) in [4.78, 5) is 2.33. The van der Waals surface area contributed by atoms with E-state index in [1.54, 1.807) is 0 Å². The Labute approximate surface area is 144 Å². The smallest absolute Gasteiger partial charge is 0.0821 e. The second-order valence-corrected chi connectivity index (χ2v) is 6.60. The van der Waals surface area contributed by atoms with Crippen LogP contribution in [0.2, 0.25) is 0 Å². The normalized spacial score (nSPS) is 18.2. The molecule has 1 atom stereocenters. The summed E-state index contributed by atoms with van der Waals surface area (Å²) in [5.74, 6) is 0. The van der Waals surface area contributed by atoms with Gasteiger partial charge >= 0.3 is 0 Å². The van der Waals surface area contributed by atoms with Crippen molar-refractivity contribution in [2.75, 3.05) is 33.4 Å². The highest BCUT2D eigenvalue weighted by molar-refractivity contribution is 5.37. The van der Waals surface area contributed by atoms with Crippen molar-refractivity contribution in [3.8, 4) is 5.69 Å². The van der Waals surface area contributed by atoms with Crippen LogP contribution in [-0.2, 0) is 16.0 Å². The fraction of sp³-hybridized carbons (Fsp3) is 0.526. The lowest BCUT2D eigenvalue weighted by molar-refractivity contribution is -0.0923. The zero-order valence-corrected chi connectivity index (χ0v) is 14.9. The number of aromatic nitrogens is 2.